The molecule has 202 valence electrons. The maximum atomic E-state index is 13.5. The van der Waals surface area contributed by atoms with Crippen LogP contribution in [0.4, 0.5) is 5.69 Å². The second kappa shape index (κ2) is 12.9. The van der Waals surface area contributed by atoms with E-state index in [9.17, 15) is 19.2 Å². The van der Waals surface area contributed by atoms with Gasteiger partial charge < -0.3 is 20.0 Å². The van der Waals surface area contributed by atoms with Gasteiger partial charge in [0.25, 0.3) is 5.91 Å². The van der Waals surface area contributed by atoms with Crippen molar-refractivity contribution in [3.63, 3.8) is 0 Å². The van der Waals surface area contributed by atoms with E-state index in [-0.39, 0.29) is 43.8 Å². The smallest absolute Gasteiger partial charge is 0.255 e. The zero-order valence-corrected chi connectivity index (χ0v) is 23.7. The molecule has 0 bridgehead atoms. The number of carbonyl (C=O) groups is 4. The molecule has 1 N–H and O–H groups in total. The highest BCUT2D eigenvalue weighted by atomic mass is 79.9. The minimum Gasteiger partial charge on any atom is -0.342 e. The van der Waals surface area contributed by atoms with Gasteiger partial charge in [-0.25, -0.2) is 0 Å². The number of amides is 4. The summed E-state index contributed by atoms with van der Waals surface area (Å²) < 4.78 is 0.655. The van der Waals surface area contributed by atoms with Crippen LogP contribution in [0.2, 0.25) is 5.02 Å². The third-order valence-corrected chi connectivity index (χ3v) is 7.45. The Bertz CT molecular complexity index is 1350. The van der Waals surface area contributed by atoms with E-state index in [1.165, 1.54) is 14.7 Å². The monoisotopic (exact) mass is 610 g/mol. The zero-order valence-electron chi connectivity index (χ0n) is 21.3. The number of nitrogens with one attached hydrogen (secondary N) is 1. The van der Waals surface area contributed by atoms with Crippen molar-refractivity contribution >= 4 is 56.8 Å². The fourth-order valence-corrected chi connectivity index (χ4v) is 4.92. The fourth-order valence-electron chi connectivity index (χ4n) is 4.34. The topological polar surface area (TPSA) is 90.0 Å². The number of anilines is 1. The number of benzene rings is 3. The first-order valence-electron chi connectivity index (χ1n) is 12.4. The minimum absolute atomic E-state index is 0.126. The molecule has 10 heteroatoms. The van der Waals surface area contributed by atoms with Gasteiger partial charge in [0.2, 0.25) is 17.7 Å². The number of rotatable bonds is 8. The van der Waals surface area contributed by atoms with E-state index in [1.807, 2.05) is 36.4 Å². The maximum Gasteiger partial charge on any atom is 0.255 e. The van der Waals surface area contributed by atoms with Gasteiger partial charge in [0.15, 0.2) is 0 Å². The van der Waals surface area contributed by atoms with Gasteiger partial charge in [-0.3, -0.25) is 19.2 Å². The molecule has 3 aromatic carbocycles. The first-order valence-corrected chi connectivity index (χ1v) is 13.6. The van der Waals surface area contributed by atoms with Crippen molar-refractivity contribution in [1.82, 2.24) is 15.1 Å². The van der Waals surface area contributed by atoms with E-state index in [2.05, 4.69) is 21.2 Å². The summed E-state index contributed by atoms with van der Waals surface area (Å²) in [6.45, 7) is 0.174. The zero-order chi connectivity index (χ0) is 27.9. The molecule has 1 fully saturated rings. The highest BCUT2D eigenvalue weighted by molar-refractivity contribution is 9.10. The molecule has 4 amide bonds. The largest absolute Gasteiger partial charge is 0.342 e. The molecule has 1 aliphatic rings. The van der Waals surface area contributed by atoms with Gasteiger partial charge in [-0.2, -0.15) is 0 Å². The molecule has 3 aromatic rings. The number of hydrogen-bond donors (Lipinski definition) is 1. The highest BCUT2D eigenvalue weighted by Crippen LogP contribution is 2.20. The summed E-state index contributed by atoms with van der Waals surface area (Å²) in [4.78, 5) is 56.6. The molecule has 1 heterocycles. The summed E-state index contributed by atoms with van der Waals surface area (Å²) in [5.41, 5.74) is 2.00. The molecule has 0 aliphatic carbocycles. The summed E-state index contributed by atoms with van der Waals surface area (Å²) >= 11 is 9.36. The van der Waals surface area contributed by atoms with E-state index in [0.29, 0.717) is 27.3 Å². The fraction of sp³-hybridized carbons (Fsp3) is 0.241. The lowest BCUT2D eigenvalue weighted by Crippen LogP contribution is -2.56. The molecule has 39 heavy (non-hydrogen) atoms. The molecule has 1 atom stereocenters. The molecule has 1 aliphatic heterocycles. The van der Waals surface area contributed by atoms with Crippen LogP contribution in [0.5, 0.6) is 0 Å². The second-order valence-corrected chi connectivity index (χ2v) is 10.5. The van der Waals surface area contributed by atoms with E-state index < -0.39 is 11.9 Å². The minimum atomic E-state index is -0.853. The molecule has 1 saturated heterocycles. The first-order chi connectivity index (χ1) is 18.7. The van der Waals surface area contributed by atoms with Crippen molar-refractivity contribution in [2.45, 2.75) is 12.5 Å². The maximum absolute atomic E-state index is 13.5. The predicted molar refractivity (Wildman–Crippen MR) is 154 cm³/mol. The second-order valence-electron chi connectivity index (χ2n) is 9.21. The van der Waals surface area contributed by atoms with Crippen molar-refractivity contribution in [3.8, 4) is 0 Å². The van der Waals surface area contributed by atoms with Crippen LogP contribution < -0.4 is 10.2 Å². The summed E-state index contributed by atoms with van der Waals surface area (Å²) in [5.74, 6) is -1.34. The standard InChI is InChI=1S/C29H28BrClN4O4/c1-33(22-13-11-21(31)12-14-22)29(39)25(17-20-7-3-2-4-8-20)32-26(36)18-34-15-16-35(19-27(34)37)28(38)23-9-5-6-10-24(23)30/h2-14,25H,15-19H2,1H3,(H,32,36)/t25-/m0/s1. The highest BCUT2D eigenvalue weighted by Gasteiger charge is 2.31. The van der Waals surface area contributed by atoms with Gasteiger partial charge in [0.1, 0.15) is 12.6 Å². The van der Waals surface area contributed by atoms with Crippen molar-refractivity contribution in [1.29, 1.82) is 0 Å². The van der Waals surface area contributed by atoms with Crippen molar-refractivity contribution < 1.29 is 19.2 Å². The molecule has 4 rings (SSSR count). The Morgan fingerprint density at radius 1 is 0.974 bits per heavy atom. The molecule has 8 nitrogen and oxygen atoms in total. The van der Waals surface area contributed by atoms with Crippen LogP contribution in [0.1, 0.15) is 15.9 Å². The molecule has 0 saturated carbocycles. The molecular formula is C29H28BrClN4O4. The van der Waals surface area contributed by atoms with E-state index >= 15 is 0 Å². The average Bonchev–Trinajstić information content (AvgIpc) is 2.94. The number of carbonyl (C=O) groups excluding carboxylic acids is 4. The van der Waals surface area contributed by atoms with Crippen LogP contribution in [-0.2, 0) is 20.8 Å². The van der Waals surface area contributed by atoms with Crippen LogP contribution in [0.15, 0.2) is 83.3 Å². The van der Waals surface area contributed by atoms with Crippen molar-refractivity contribution in [2.24, 2.45) is 0 Å². The lowest BCUT2D eigenvalue weighted by atomic mass is 10.0. The van der Waals surface area contributed by atoms with Gasteiger partial charge >= 0.3 is 0 Å². The normalized spacial score (nSPS) is 14.1. The van der Waals surface area contributed by atoms with E-state index in [0.717, 1.165) is 5.56 Å². The number of hydrogen-bond acceptors (Lipinski definition) is 4. The first kappa shape index (κ1) is 28.3. The van der Waals surface area contributed by atoms with Gasteiger partial charge in [-0.05, 0) is 57.9 Å². The predicted octanol–water partition coefficient (Wildman–Crippen LogP) is 3.78. The number of nitrogens with zero attached hydrogens (tertiary/aromatic N) is 3. The Hall–Kier alpha value is -3.69. The van der Waals surface area contributed by atoms with Crippen molar-refractivity contribution in [3.05, 3.63) is 99.5 Å². The van der Waals surface area contributed by atoms with Crippen LogP contribution in [0, 0.1) is 0 Å². The van der Waals surface area contributed by atoms with Gasteiger partial charge in [-0.1, -0.05) is 54.1 Å². The van der Waals surface area contributed by atoms with Crippen molar-refractivity contribution in [2.75, 3.05) is 38.1 Å². The van der Waals surface area contributed by atoms with E-state index in [1.54, 1.807) is 49.5 Å². The van der Waals surface area contributed by atoms with Gasteiger partial charge in [-0.15, -0.1) is 0 Å². The SMILES string of the molecule is CN(C(=O)[C@H](Cc1ccccc1)NC(=O)CN1CCN(C(=O)c2ccccc2Br)CC1=O)c1ccc(Cl)cc1. The lowest BCUT2D eigenvalue weighted by Gasteiger charge is -2.34. The van der Waals surface area contributed by atoms with Crippen LogP contribution in [-0.4, -0.2) is 72.7 Å². The number of likely N-dealkylation sites (N-methyl/N-ethyl adjacent to an activating group) is 1. The third-order valence-electron chi connectivity index (χ3n) is 6.51. The Labute approximate surface area is 240 Å². The van der Waals surface area contributed by atoms with E-state index in [4.69, 9.17) is 11.6 Å². The number of piperazine rings is 1. The van der Waals surface area contributed by atoms with Crippen LogP contribution in [0.3, 0.4) is 0 Å². The quantitative estimate of drug-likeness (QED) is 0.420. The van der Waals surface area contributed by atoms with Crippen LogP contribution >= 0.6 is 27.5 Å². The molecule has 0 radical (unpaired) electrons. The lowest BCUT2D eigenvalue weighted by molar-refractivity contribution is -0.139. The summed E-state index contributed by atoms with van der Waals surface area (Å²) in [5, 5.41) is 3.38. The Balaban J connectivity index is 1.41. The van der Waals surface area contributed by atoms with Gasteiger partial charge in [0.05, 0.1) is 12.1 Å². The molecular weight excluding hydrogens is 584 g/mol. The third kappa shape index (κ3) is 7.25. The summed E-state index contributed by atoms with van der Waals surface area (Å²) in [7, 11) is 1.64. The Morgan fingerprint density at radius 3 is 2.31 bits per heavy atom. The molecule has 0 aromatic heterocycles. The Kier molecular flexibility index (Phi) is 9.37. The molecule has 0 unspecified atom stereocenters. The Morgan fingerprint density at radius 2 is 1.64 bits per heavy atom. The summed E-state index contributed by atoms with van der Waals surface area (Å²) in [6.07, 6.45) is 0.283. The molecule has 0 spiro atoms. The van der Waals surface area contributed by atoms with Gasteiger partial charge in [0, 0.05) is 41.7 Å². The van der Waals surface area contributed by atoms with Crippen LogP contribution in [0.25, 0.3) is 0 Å². The summed E-state index contributed by atoms with van der Waals surface area (Å²) in [6, 6.07) is 22.4. The average molecular weight is 612 g/mol. The number of halogens is 2.